The number of rotatable bonds is 1. The molecule has 1 heterocycles. The topological polar surface area (TPSA) is 62.5 Å². The van der Waals surface area contributed by atoms with Crippen LogP contribution in [-0.4, -0.2) is 22.0 Å². The molecule has 0 aliphatic rings. The summed E-state index contributed by atoms with van der Waals surface area (Å²) in [5.41, 5.74) is 0.278. The van der Waals surface area contributed by atoms with Crippen molar-refractivity contribution in [3.8, 4) is 0 Å². The minimum atomic E-state index is 0. The van der Waals surface area contributed by atoms with Gasteiger partial charge in [0.15, 0.2) is 0 Å². The van der Waals surface area contributed by atoms with E-state index in [9.17, 15) is 0 Å². The summed E-state index contributed by atoms with van der Waals surface area (Å²) in [6.07, 6.45) is 4.49. The Morgan fingerprint density at radius 1 is 1.30 bits per heavy atom. The zero-order valence-corrected chi connectivity index (χ0v) is 9.06. The Bertz CT molecular complexity index is 183. The van der Waals surface area contributed by atoms with Gasteiger partial charge in [0.05, 0.1) is 0 Å². The molecule has 10 heavy (non-hydrogen) atoms. The van der Waals surface area contributed by atoms with E-state index in [1.807, 2.05) is 0 Å². The molecule has 1 aromatic heterocycles. The fourth-order valence-corrected chi connectivity index (χ4v) is 0.264. The van der Waals surface area contributed by atoms with Crippen molar-refractivity contribution < 1.29 is 66.9 Å². The molecule has 0 fully saturated rings. The largest absolute Gasteiger partial charge is 1.00 e. The van der Waals surface area contributed by atoms with E-state index in [1.165, 1.54) is 0 Å². The summed E-state index contributed by atoms with van der Waals surface area (Å²) < 4.78 is 0. The van der Waals surface area contributed by atoms with Crippen molar-refractivity contribution in [2.45, 2.75) is 0 Å². The van der Waals surface area contributed by atoms with Gasteiger partial charge in [0, 0.05) is 37.3 Å². The maximum atomic E-state index is 6.63. The van der Waals surface area contributed by atoms with E-state index in [4.69, 9.17) is 5.31 Å². The molecule has 0 saturated heterocycles. The van der Waals surface area contributed by atoms with Gasteiger partial charge in [0.2, 0.25) is 0 Å². The molecule has 1 rings (SSSR count). The predicted octanol–water partition coefficient (Wildman–Crippen LogP) is -4.43. The molecular formula is C3HBErN4Na-. The van der Waals surface area contributed by atoms with Crippen LogP contribution >= 0.6 is 0 Å². The van der Waals surface area contributed by atoms with Crippen LogP contribution < -0.4 is 35.3 Å². The number of hydrogen-bond acceptors (Lipinski definition) is 4. The van der Waals surface area contributed by atoms with Crippen molar-refractivity contribution in [2.75, 3.05) is 0 Å². The normalized spacial score (nSPS) is 6.40. The standard InChI is InChI=1S/C3HBN4.Er.Na/c5-4-3-7-1-6-2-8-3;;/h5H;;/q-2;;+1. The molecular weight excluding hydrogens is 293 g/mol. The smallest absolute Gasteiger partial charge is 0 e. The first-order valence-corrected chi connectivity index (χ1v) is 1.92. The Kier molecular flexibility index (Phi) is 11.3. The summed E-state index contributed by atoms with van der Waals surface area (Å²) >= 11 is 0. The Labute approximate surface area is 111 Å². The SMILES string of the molecule is N=Bc1n[c-]n[c-]n1.[Er].[Na+]. The molecule has 0 aliphatic heterocycles. The molecule has 0 spiro atoms. The number of nitrogens with zero attached hydrogens (tertiary/aromatic N) is 3. The van der Waals surface area contributed by atoms with Gasteiger partial charge >= 0.3 is 75.3 Å². The Morgan fingerprint density at radius 3 is 2.10 bits per heavy atom. The first-order chi connectivity index (χ1) is 3.93. The average Bonchev–Trinajstić information content (AvgIpc) is 1.90. The monoisotopic (exact) mass is 293 g/mol. The van der Waals surface area contributed by atoms with Crippen LogP contribution in [0.2, 0.25) is 0 Å². The molecule has 1 aromatic rings. The van der Waals surface area contributed by atoms with Crippen molar-refractivity contribution in [2.24, 2.45) is 0 Å². The van der Waals surface area contributed by atoms with Crippen LogP contribution in [0.1, 0.15) is 0 Å². The second-order valence-corrected chi connectivity index (χ2v) is 1.04. The third kappa shape index (κ3) is 4.86. The predicted molar refractivity (Wildman–Crippen MR) is 25.6 cm³/mol. The molecule has 0 saturated carbocycles. The molecule has 0 amide bonds. The molecule has 4 nitrogen and oxygen atoms in total. The number of aromatic nitrogens is 3. The van der Waals surface area contributed by atoms with Crippen LogP contribution in [0.5, 0.6) is 0 Å². The van der Waals surface area contributed by atoms with Crippen molar-refractivity contribution >= 4 is 12.8 Å². The second kappa shape index (κ2) is 8.22. The summed E-state index contributed by atoms with van der Waals surface area (Å²) in [5.74, 6) is 0. The Morgan fingerprint density at radius 2 is 1.80 bits per heavy atom. The van der Waals surface area contributed by atoms with Crippen molar-refractivity contribution in [3.63, 3.8) is 0 Å². The summed E-state index contributed by atoms with van der Waals surface area (Å²) in [6.45, 7) is 0. The molecule has 0 unspecified atom stereocenters. The maximum absolute atomic E-state index is 6.63. The third-order valence-corrected chi connectivity index (χ3v) is 0.558. The fourth-order valence-electron chi connectivity index (χ4n) is 0.264. The number of hydrogen-bond donors (Lipinski definition) is 1. The van der Waals surface area contributed by atoms with Gasteiger partial charge in [0.1, 0.15) is 0 Å². The maximum Gasteiger partial charge on any atom is 1.00 e. The summed E-state index contributed by atoms with van der Waals surface area (Å²) in [5, 5.41) is 6.63. The first-order valence-electron chi connectivity index (χ1n) is 1.92. The summed E-state index contributed by atoms with van der Waals surface area (Å²) in [7, 11) is 1.01. The average molecular weight is 294 g/mol. The van der Waals surface area contributed by atoms with Crippen LogP contribution in [0, 0.1) is 55.3 Å². The zero-order chi connectivity index (χ0) is 5.82. The molecule has 50 valence electrons. The molecule has 0 atom stereocenters. The van der Waals surface area contributed by atoms with Crippen molar-refractivity contribution in [3.05, 3.63) is 12.7 Å². The van der Waals surface area contributed by atoms with Gasteiger partial charge in [-0.2, -0.15) is 0 Å². The molecule has 0 aliphatic carbocycles. The van der Waals surface area contributed by atoms with Gasteiger partial charge in [-0.3, -0.25) is 0 Å². The van der Waals surface area contributed by atoms with Gasteiger partial charge in [-0.1, -0.05) is 0 Å². The van der Waals surface area contributed by atoms with Crippen LogP contribution in [0.15, 0.2) is 0 Å². The van der Waals surface area contributed by atoms with Gasteiger partial charge in [0.25, 0.3) is 0 Å². The second-order valence-electron chi connectivity index (χ2n) is 1.04. The van der Waals surface area contributed by atoms with E-state index in [0.29, 0.717) is 0 Å². The van der Waals surface area contributed by atoms with Crippen LogP contribution in [0.25, 0.3) is 0 Å². The molecule has 0 radical (unpaired) electrons. The molecule has 7 heteroatoms. The van der Waals surface area contributed by atoms with E-state index in [1.54, 1.807) is 0 Å². The van der Waals surface area contributed by atoms with Gasteiger partial charge in [-0.25, -0.2) is 0 Å². The zero-order valence-electron chi connectivity index (χ0n) is 5.21. The van der Waals surface area contributed by atoms with Crippen LogP contribution in [0.4, 0.5) is 0 Å². The summed E-state index contributed by atoms with van der Waals surface area (Å²) in [6, 6.07) is 0. The van der Waals surface area contributed by atoms with E-state index in [-0.39, 0.29) is 72.6 Å². The van der Waals surface area contributed by atoms with Crippen molar-refractivity contribution in [1.82, 2.24) is 15.0 Å². The van der Waals surface area contributed by atoms with Gasteiger partial charge < -0.3 is 0 Å². The van der Waals surface area contributed by atoms with Gasteiger partial charge in [-0.15, -0.1) is 0 Å². The molecule has 1 N–H and O–H groups in total. The minimum Gasteiger partial charge on any atom is 0 e. The van der Waals surface area contributed by atoms with Gasteiger partial charge in [-0.05, 0) is 0 Å². The molecule has 0 aromatic carbocycles. The van der Waals surface area contributed by atoms with Crippen molar-refractivity contribution in [1.29, 1.82) is 5.31 Å². The van der Waals surface area contributed by atoms with Crippen LogP contribution in [0.3, 0.4) is 0 Å². The Balaban J connectivity index is 0. The molecule has 0 bridgehead atoms. The van der Waals surface area contributed by atoms with E-state index in [2.05, 4.69) is 27.6 Å². The quantitative estimate of drug-likeness (QED) is 0.420. The first kappa shape index (κ1) is 13.7. The van der Waals surface area contributed by atoms with Crippen LogP contribution in [-0.2, 0) is 0 Å². The van der Waals surface area contributed by atoms with E-state index >= 15 is 0 Å². The number of nitrogens with one attached hydrogen (secondary N) is 1. The summed E-state index contributed by atoms with van der Waals surface area (Å²) in [4.78, 5) is 10.3. The third-order valence-electron chi connectivity index (χ3n) is 0.558. The van der Waals surface area contributed by atoms with E-state index in [0.717, 1.165) is 7.07 Å². The Hall–Kier alpha value is 1.12. The van der Waals surface area contributed by atoms with E-state index < -0.39 is 0 Å². The fraction of sp³-hybridized carbons (Fsp3) is 0. The minimum absolute atomic E-state index is 0.